The third-order valence-corrected chi connectivity index (χ3v) is 3.27. The Labute approximate surface area is 109 Å². The molecule has 0 saturated heterocycles. The molecule has 5 N–H and O–H groups in total. The molecule has 0 radical (unpaired) electrons. The molecule has 0 atom stereocenters. The second-order valence-electron chi connectivity index (χ2n) is 4.60. The van der Waals surface area contributed by atoms with Gasteiger partial charge in [0.2, 0.25) is 5.95 Å². The zero-order chi connectivity index (χ0) is 13.9. The van der Waals surface area contributed by atoms with Crippen LogP contribution in [0.4, 0.5) is 5.95 Å². The number of rotatable bonds is 6. The van der Waals surface area contributed by atoms with Crippen LogP contribution in [0.15, 0.2) is 12.5 Å². The number of nitrogens with two attached hydrogens (primary N) is 1. The number of aliphatic hydroxyl groups is 3. The fraction of sp³-hybridized carbons (Fsp3) is 0.545. The number of aromatic nitrogens is 4. The lowest BCUT2D eigenvalue weighted by Crippen LogP contribution is -2.35. The topological polar surface area (TPSA) is 130 Å². The van der Waals surface area contributed by atoms with E-state index in [0.29, 0.717) is 24.1 Å². The first-order valence-corrected chi connectivity index (χ1v) is 5.90. The third-order valence-electron chi connectivity index (χ3n) is 3.27. The van der Waals surface area contributed by atoms with Crippen LogP contribution in [-0.4, -0.2) is 54.7 Å². The van der Waals surface area contributed by atoms with E-state index in [0.717, 1.165) is 0 Å². The molecule has 2 aromatic heterocycles. The molecule has 0 fully saturated rings. The molecule has 19 heavy (non-hydrogen) atoms. The molecule has 2 heterocycles. The van der Waals surface area contributed by atoms with Gasteiger partial charge in [0.25, 0.3) is 0 Å². The van der Waals surface area contributed by atoms with Gasteiger partial charge < -0.3 is 25.6 Å². The Bertz CT molecular complexity index is 544. The first-order chi connectivity index (χ1) is 9.14. The SMILES string of the molecule is Nc1ncc2ncn(CCC(CO)(CO)CO)c2n1. The summed E-state index contributed by atoms with van der Waals surface area (Å²) in [6.45, 7) is -0.411. The van der Waals surface area contributed by atoms with E-state index < -0.39 is 5.41 Å². The summed E-state index contributed by atoms with van der Waals surface area (Å²) in [6, 6.07) is 0. The second kappa shape index (κ2) is 5.47. The molecule has 0 bridgehead atoms. The van der Waals surface area contributed by atoms with Gasteiger partial charge in [0.15, 0.2) is 5.65 Å². The molecule has 0 amide bonds. The van der Waals surface area contributed by atoms with Gasteiger partial charge in [0.05, 0.1) is 32.3 Å². The Morgan fingerprint density at radius 3 is 2.47 bits per heavy atom. The van der Waals surface area contributed by atoms with Crippen molar-refractivity contribution < 1.29 is 15.3 Å². The average Bonchev–Trinajstić information content (AvgIpc) is 2.83. The van der Waals surface area contributed by atoms with Crippen molar-refractivity contribution in [2.75, 3.05) is 25.6 Å². The van der Waals surface area contributed by atoms with E-state index in [-0.39, 0.29) is 25.8 Å². The van der Waals surface area contributed by atoms with Gasteiger partial charge in [-0.1, -0.05) is 0 Å². The molecule has 0 aromatic carbocycles. The number of aliphatic hydroxyl groups excluding tert-OH is 3. The van der Waals surface area contributed by atoms with Crippen molar-refractivity contribution in [2.24, 2.45) is 5.41 Å². The molecule has 104 valence electrons. The molecule has 2 rings (SSSR count). The summed E-state index contributed by atoms with van der Waals surface area (Å²) in [7, 11) is 0. The molecule has 0 aliphatic heterocycles. The van der Waals surface area contributed by atoms with Gasteiger partial charge in [-0.25, -0.2) is 9.97 Å². The maximum Gasteiger partial charge on any atom is 0.222 e. The fourth-order valence-corrected chi connectivity index (χ4v) is 1.78. The molecule has 0 unspecified atom stereocenters. The number of imidazole rings is 1. The minimum absolute atomic E-state index is 0.159. The monoisotopic (exact) mass is 267 g/mol. The van der Waals surface area contributed by atoms with Crippen molar-refractivity contribution in [2.45, 2.75) is 13.0 Å². The number of fused-ring (bicyclic) bond motifs is 1. The molecule has 0 saturated carbocycles. The molecule has 8 heteroatoms. The van der Waals surface area contributed by atoms with Crippen molar-refractivity contribution >= 4 is 17.1 Å². The van der Waals surface area contributed by atoms with Crippen LogP contribution < -0.4 is 5.73 Å². The van der Waals surface area contributed by atoms with Gasteiger partial charge in [0, 0.05) is 12.0 Å². The first-order valence-electron chi connectivity index (χ1n) is 5.90. The van der Waals surface area contributed by atoms with Crippen molar-refractivity contribution in [1.29, 1.82) is 0 Å². The van der Waals surface area contributed by atoms with Crippen LogP contribution in [-0.2, 0) is 6.54 Å². The summed E-state index contributed by atoms with van der Waals surface area (Å²) >= 11 is 0. The maximum atomic E-state index is 9.27. The van der Waals surface area contributed by atoms with E-state index in [2.05, 4.69) is 15.0 Å². The lowest BCUT2D eigenvalue weighted by atomic mass is 9.87. The lowest BCUT2D eigenvalue weighted by molar-refractivity contribution is -0.00327. The van der Waals surface area contributed by atoms with Gasteiger partial charge in [0.1, 0.15) is 5.52 Å². The second-order valence-corrected chi connectivity index (χ2v) is 4.60. The third kappa shape index (κ3) is 2.65. The standard InChI is InChI=1S/C11H17N5O3/c12-10-13-3-8-9(15-10)16(7-14-8)2-1-11(4-17,5-18)6-19/h3,7,17-19H,1-2,4-6H2,(H2,12,13,15). The van der Waals surface area contributed by atoms with Crippen LogP contribution in [0.25, 0.3) is 11.2 Å². The van der Waals surface area contributed by atoms with Gasteiger partial charge in [-0.15, -0.1) is 0 Å². The average molecular weight is 267 g/mol. The lowest BCUT2D eigenvalue weighted by Gasteiger charge is -2.27. The van der Waals surface area contributed by atoms with Crippen LogP contribution in [0.3, 0.4) is 0 Å². The quantitative estimate of drug-likeness (QED) is 0.515. The van der Waals surface area contributed by atoms with Crippen molar-refractivity contribution in [3.05, 3.63) is 12.5 Å². The van der Waals surface area contributed by atoms with Crippen LogP contribution in [0.2, 0.25) is 0 Å². The Morgan fingerprint density at radius 2 is 1.84 bits per heavy atom. The van der Waals surface area contributed by atoms with Gasteiger partial charge in [-0.2, -0.15) is 4.98 Å². The smallest absolute Gasteiger partial charge is 0.222 e. The summed E-state index contributed by atoms with van der Waals surface area (Å²) in [4.78, 5) is 12.1. The Kier molecular flexibility index (Phi) is 3.93. The fourth-order valence-electron chi connectivity index (χ4n) is 1.78. The Balaban J connectivity index is 2.20. The molecule has 8 nitrogen and oxygen atoms in total. The van der Waals surface area contributed by atoms with E-state index in [1.54, 1.807) is 10.9 Å². The summed E-state index contributed by atoms with van der Waals surface area (Å²) in [6.07, 6.45) is 3.52. The van der Waals surface area contributed by atoms with E-state index in [4.69, 9.17) is 5.73 Å². The van der Waals surface area contributed by atoms with Crippen LogP contribution in [0, 0.1) is 5.41 Å². The van der Waals surface area contributed by atoms with Crippen LogP contribution in [0.5, 0.6) is 0 Å². The number of nitrogen functional groups attached to an aromatic ring is 1. The largest absolute Gasteiger partial charge is 0.396 e. The highest BCUT2D eigenvalue weighted by Gasteiger charge is 2.28. The van der Waals surface area contributed by atoms with E-state index >= 15 is 0 Å². The van der Waals surface area contributed by atoms with Gasteiger partial charge in [-0.05, 0) is 6.42 Å². The zero-order valence-corrected chi connectivity index (χ0v) is 10.4. The molecule has 0 aliphatic carbocycles. The molecule has 2 aromatic rings. The summed E-state index contributed by atoms with van der Waals surface area (Å²) < 4.78 is 1.75. The van der Waals surface area contributed by atoms with Crippen molar-refractivity contribution in [3.8, 4) is 0 Å². The van der Waals surface area contributed by atoms with Gasteiger partial charge >= 0.3 is 0 Å². The van der Waals surface area contributed by atoms with Crippen molar-refractivity contribution in [3.63, 3.8) is 0 Å². The summed E-state index contributed by atoms with van der Waals surface area (Å²) in [5.41, 5.74) is 5.84. The predicted octanol–water partition coefficient (Wildman–Crippen LogP) is -1.24. The number of aryl methyl sites for hydroxylation is 1. The van der Waals surface area contributed by atoms with E-state index in [1.165, 1.54) is 6.20 Å². The molecule has 0 aliphatic rings. The Morgan fingerprint density at radius 1 is 1.16 bits per heavy atom. The van der Waals surface area contributed by atoms with Gasteiger partial charge in [-0.3, -0.25) is 0 Å². The van der Waals surface area contributed by atoms with E-state index in [1.807, 2.05) is 0 Å². The highest BCUT2D eigenvalue weighted by atomic mass is 16.3. The molecule has 0 spiro atoms. The zero-order valence-electron chi connectivity index (χ0n) is 10.4. The van der Waals surface area contributed by atoms with Crippen LogP contribution in [0.1, 0.15) is 6.42 Å². The number of anilines is 1. The predicted molar refractivity (Wildman–Crippen MR) is 68.0 cm³/mol. The van der Waals surface area contributed by atoms with Crippen LogP contribution >= 0.6 is 0 Å². The molecular weight excluding hydrogens is 250 g/mol. The highest BCUT2D eigenvalue weighted by molar-refractivity contribution is 5.70. The first kappa shape index (κ1) is 13.7. The highest BCUT2D eigenvalue weighted by Crippen LogP contribution is 2.22. The maximum absolute atomic E-state index is 9.27. The number of hydrogen-bond donors (Lipinski definition) is 4. The normalized spacial score (nSPS) is 12.2. The number of nitrogens with zero attached hydrogens (tertiary/aromatic N) is 4. The van der Waals surface area contributed by atoms with E-state index in [9.17, 15) is 15.3 Å². The minimum Gasteiger partial charge on any atom is -0.396 e. The minimum atomic E-state index is -0.908. The van der Waals surface area contributed by atoms with Crippen molar-refractivity contribution in [1.82, 2.24) is 19.5 Å². The summed E-state index contributed by atoms with van der Waals surface area (Å²) in [5.74, 6) is 0.159. The summed E-state index contributed by atoms with van der Waals surface area (Å²) in [5, 5.41) is 27.8. The Hall–Kier alpha value is -1.77. The molecular formula is C11H17N5O3. The number of hydrogen-bond acceptors (Lipinski definition) is 7.